The zero-order chi connectivity index (χ0) is 21.8. The zero-order valence-electron chi connectivity index (χ0n) is 17.4. The molecular formula is C24H25N3O3S. The molecule has 4 rings (SSSR count). The maximum absolute atomic E-state index is 13.2. The summed E-state index contributed by atoms with van der Waals surface area (Å²) in [5.41, 5.74) is 3.46. The highest BCUT2D eigenvalue weighted by Gasteiger charge is 2.28. The van der Waals surface area contributed by atoms with E-state index >= 15 is 0 Å². The molecule has 1 aliphatic rings. The van der Waals surface area contributed by atoms with E-state index in [1.165, 1.54) is 0 Å². The van der Waals surface area contributed by atoms with Crippen LogP contribution in [0.25, 0.3) is 11.1 Å². The first kappa shape index (κ1) is 21.1. The van der Waals surface area contributed by atoms with E-state index in [1.54, 1.807) is 41.7 Å². The lowest BCUT2D eigenvalue weighted by atomic mass is 10.1. The largest absolute Gasteiger partial charge is 0.369 e. The quantitative estimate of drug-likeness (QED) is 0.668. The van der Waals surface area contributed by atoms with Crippen molar-refractivity contribution in [1.82, 2.24) is 9.62 Å². The summed E-state index contributed by atoms with van der Waals surface area (Å²) >= 11 is 0. The van der Waals surface area contributed by atoms with Crippen molar-refractivity contribution in [3.05, 3.63) is 84.4 Å². The van der Waals surface area contributed by atoms with Crippen molar-refractivity contribution in [3.63, 3.8) is 0 Å². The molecule has 0 aromatic heterocycles. The summed E-state index contributed by atoms with van der Waals surface area (Å²) in [4.78, 5) is 14.2. The molecule has 31 heavy (non-hydrogen) atoms. The molecule has 1 fully saturated rings. The second kappa shape index (κ2) is 8.91. The average molecular weight is 436 g/mol. The smallest absolute Gasteiger partial charge is 0.251 e. The third-order valence-corrected chi connectivity index (χ3v) is 7.43. The van der Waals surface area contributed by atoms with Gasteiger partial charge >= 0.3 is 0 Å². The van der Waals surface area contributed by atoms with Gasteiger partial charge in [0.1, 0.15) is 0 Å². The Balaban J connectivity index is 1.46. The van der Waals surface area contributed by atoms with Gasteiger partial charge in [-0.1, -0.05) is 42.5 Å². The fourth-order valence-electron chi connectivity index (χ4n) is 3.77. The molecular weight excluding hydrogens is 410 g/mol. The van der Waals surface area contributed by atoms with Gasteiger partial charge in [-0.25, -0.2) is 8.42 Å². The van der Waals surface area contributed by atoms with Gasteiger partial charge in [-0.2, -0.15) is 4.31 Å². The Kier molecular flexibility index (Phi) is 6.06. The average Bonchev–Trinajstić information content (AvgIpc) is 2.84. The predicted octanol–water partition coefficient (Wildman–Crippen LogP) is 3.22. The summed E-state index contributed by atoms with van der Waals surface area (Å²) in [6.07, 6.45) is 0. The van der Waals surface area contributed by atoms with Gasteiger partial charge in [0.05, 0.1) is 4.90 Å². The Morgan fingerprint density at radius 1 is 0.806 bits per heavy atom. The van der Waals surface area contributed by atoms with Crippen LogP contribution in [0.15, 0.2) is 83.8 Å². The Bertz CT molecular complexity index is 1150. The monoisotopic (exact) mass is 435 g/mol. The van der Waals surface area contributed by atoms with Gasteiger partial charge in [-0.05, 0) is 47.5 Å². The molecule has 0 atom stereocenters. The van der Waals surface area contributed by atoms with E-state index in [1.807, 2.05) is 48.5 Å². The molecule has 1 saturated heterocycles. The molecule has 1 aliphatic heterocycles. The topological polar surface area (TPSA) is 69.7 Å². The highest BCUT2D eigenvalue weighted by atomic mass is 32.2. The lowest BCUT2D eigenvalue weighted by Crippen LogP contribution is -2.48. The minimum Gasteiger partial charge on any atom is -0.369 e. The maximum Gasteiger partial charge on any atom is 0.251 e. The number of anilines is 1. The van der Waals surface area contributed by atoms with Crippen molar-refractivity contribution in [1.29, 1.82) is 0 Å². The normalized spacial score (nSPS) is 14.9. The van der Waals surface area contributed by atoms with Crippen LogP contribution >= 0.6 is 0 Å². The summed E-state index contributed by atoms with van der Waals surface area (Å²) in [5, 5.41) is 2.61. The number of amides is 1. The first-order valence-corrected chi connectivity index (χ1v) is 11.7. The molecule has 3 aromatic rings. The molecule has 0 bridgehead atoms. The second-order valence-corrected chi connectivity index (χ2v) is 9.35. The third-order valence-electron chi connectivity index (χ3n) is 5.54. The zero-order valence-corrected chi connectivity index (χ0v) is 18.2. The Morgan fingerprint density at radius 2 is 1.45 bits per heavy atom. The Morgan fingerprint density at radius 3 is 2.10 bits per heavy atom. The molecule has 160 valence electrons. The van der Waals surface area contributed by atoms with Crippen LogP contribution < -0.4 is 10.2 Å². The SMILES string of the molecule is CNC(=O)c1ccc(N2CCN(S(=O)(=O)c3cccc(-c4ccccc4)c3)CC2)cc1. The summed E-state index contributed by atoms with van der Waals surface area (Å²) < 4.78 is 28.0. The molecule has 0 saturated carbocycles. The van der Waals surface area contributed by atoms with Crippen molar-refractivity contribution >= 4 is 21.6 Å². The van der Waals surface area contributed by atoms with Crippen LogP contribution in [0.2, 0.25) is 0 Å². The van der Waals surface area contributed by atoms with Crippen LogP contribution in [0, 0.1) is 0 Å². The van der Waals surface area contributed by atoms with Crippen molar-refractivity contribution in [2.24, 2.45) is 0 Å². The molecule has 0 aliphatic carbocycles. The minimum absolute atomic E-state index is 0.125. The molecule has 0 unspecified atom stereocenters. The minimum atomic E-state index is -3.57. The number of benzene rings is 3. The van der Waals surface area contributed by atoms with E-state index < -0.39 is 10.0 Å². The van der Waals surface area contributed by atoms with Gasteiger partial charge < -0.3 is 10.2 Å². The molecule has 1 N–H and O–H groups in total. The highest BCUT2D eigenvalue weighted by molar-refractivity contribution is 7.89. The molecule has 7 heteroatoms. The van der Waals surface area contributed by atoms with Crippen LogP contribution in [0.1, 0.15) is 10.4 Å². The van der Waals surface area contributed by atoms with E-state index in [-0.39, 0.29) is 5.91 Å². The Hall–Kier alpha value is -3.16. The number of carbonyl (C=O) groups excluding carboxylic acids is 1. The predicted molar refractivity (Wildman–Crippen MR) is 123 cm³/mol. The van der Waals surface area contributed by atoms with Crippen LogP contribution in [0.4, 0.5) is 5.69 Å². The molecule has 0 spiro atoms. The van der Waals surface area contributed by atoms with E-state index in [4.69, 9.17) is 0 Å². The van der Waals surface area contributed by atoms with Gasteiger partial charge in [0, 0.05) is 44.5 Å². The van der Waals surface area contributed by atoms with Crippen LogP contribution in [0.3, 0.4) is 0 Å². The van der Waals surface area contributed by atoms with Gasteiger partial charge in [0.15, 0.2) is 0 Å². The number of carbonyl (C=O) groups is 1. The van der Waals surface area contributed by atoms with E-state index in [2.05, 4.69) is 10.2 Å². The molecule has 0 radical (unpaired) electrons. The third kappa shape index (κ3) is 4.47. The number of nitrogens with zero attached hydrogens (tertiary/aromatic N) is 2. The first-order chi connectivity index (χ1) is 15.0. The van der Waals surface area contributed by atoms with Crippen molar-refractivity contribution in [2.75, 3.05) is 38.1 Å². The number of nitrogens with one attached hydrogen (secondary N) is 1. The lowest BCUT2D eigenvalue weighted by Gasteiger charge is -2.35. The molecule has 1 heterocycles. The van der Waals surface area contributed by atoms with Gasteiger partial charge in [-0.3, -0.25) is 4.79 Å². The number of piperazine rings is 1. The van der Waals surface area contributed by atoms with Crippen LogP contribution in [0.5, 0.6) is 0 Å². The fourth-order valence-corrected chi connectivity index (χ4v) is 5.24. The van der Waals surface area contributed by atoms with Crippen molar-refractivity contribution in [2.45, 2.75) is 4.90 Å². The number of rotatable bonds is 5. The summed E-state index contributed by atoms with van der Waals surface area (Å²) in [6.45, 7) is 2.01. The fraction of sp³-hybridized carbons (Fsp3) is 0.208. The van der Waals surface area contributed by atoms with Gasteiger partial charge in [0.25, 0.3) is 5.91 Å². The molecule has 6 nitrogen and oxygen atoms in total. The number of hydrogen-bond donors (Lipinski definition) is 1. The summed E-state index contributed by atoms with van der Waals surface area (Å²) in [7, 11) is -1.96. The van der Waals surface area contributed by atoms with E-state index in [0.29, 0.717) is 36.6 Å². The van der Waals surface area contributed by atoms with E-state index in [0.717, 1.165) is 16.8 Å². The Labute approximate surface area is 183 Å². The summed E-state index contributed by atoms with van der Waals surface area (Å²) in [5.74, 6) is -0.125. The maximum atomic E-state index is 13.2. The van der Waals surface area contributed by atoms with Gasteiger partial charge in [0.2, 0.25) is 10.0 Å². The molecule has 1 amide bonds. The van der Waals surface area contributed by atoms with Crippen LogP contribution in [-0.2, 0) is 10.0 Å². The number of sulfonamides is 1. The second-order valence-electron chi connectivity index (χ2n) is 7.41. The van der Waals surface area contributed by atoms with Crippen molar-refractivity contribution < 1.29 is 13.2 Å². The first-order valence-electron chi connectivity index (χ1n) is 10.2. The standard InChI is InChI=1S/C24H25N3O3S/c1-25-24(28)20-10-12-22(13-11-20)26-14-16-27(17-15-26)31(29,30)23-9-5-8-21(18-23)19-6-3-2-4-7-19/h2-13,18H,14-17H2,1H3,(H,25,28). The molecule has 3 aromatic carbocycles. The highest BCUT2D eigenvalue weighted by Crippen LogP contribution is 2.26. The number of hydrogen-bond acceptors (Lipinski definition) is 4. The summed E-state index contributed by atoms with van der Waals surface area (Å²) in [6, 6.07) is 24.3. The van der Waals surface area contributed by atoms with Crippen molar-refractivity contribution in [3.8, 4) is 11.1 Å². The van der Waals surface area contributed by atoms with Crippen LogP contribution in [-0.4, -0.2) is 51.9 Å². The van der Waals surface area contributed by atoms with E-state index in [9.17, 15) is 13.2 Å². The lowest BCUT2D eigenvalue weighted by molar-refractivity contribution is 0.0963. The van der Waals surface area contributed by atoms with Gasteiger partial charge in [-0.15, -0.1) is 0 Å².